The van der Waals surface area contributed by atoms with Gasteiger partial charge in [-0.25, -0.2) is 0 Å². The first kappa shape index (κ1) is 17.6. The fourth-order valence-corrected chi connectivity index (χ4v) is 3.40. The molecule has 0 spiro atoms. The molecule has 0 unspecified atom stereocenters. The number of hydrogen-bond acceptors (Lipinski definition) is 6. The van der Waals surface area contributed by atoms with Crippen molar-refractivity contribution in [3.8, 4) is 0 Å². The van der Waals surface area contributed by atoms with Crippen LogP contribution in [0.15, 0.2) is 12.4 Å². The van der Waals surface area contributed by atoms with Gasteiger partial charge >= 0.3 is 6.18 Å². The second-order valence-electron chi connectivity index (χ2n) is 5.72. The van der Waals surface area contributed by atoms with Crippen LogP contribution in [0.2, 0.25) is 0 Å². The molecule has 11 heteroatoms. The van der Waals surface area contributed by atoms with Crippen molar-refractivity contribution >= 4 is 28.1 Å². The van der Waals surface area contributed by atoms with E-state index in [4.69, 9.17) is 0 Å². The second kappa shape index (κ2) is 6.98. The van der Waals surface area contributed by atoms with Crippen LogP contribution in [0.5, 0.6) is 0 Å². The lowest BCUT2D eigenvalue weighted by molar-refractivity contribution is -0.138. The lowest BCUT2D eigenvalue weighted by Gasteiger charge is -2.30. The highest BCUT2D eigenvalue weighted by molar-refractivity contribution is 7.15. The molecule has 1 aliphatic heterocycles. The number of halogens is 3. The zero-order valence-corrected chi connectivity index (χ0v) is 14.3. The van der Waals surface area contributed by atoms with E-state index in [9.17, 15) is 18.0 Å². The largest absolute Gasteiger partial charge is 0.445 e. The van der Waals surface area contributed by atoms with Gasteiger partial charge in [0.15, 0.2) is 0 Å². The van der Waals surface area contributed by atoms with Crippen LogP contribution in [0.3, 0.4) is 0 Å². The lowest BCUT2D eigenvalue weighted by atomic mass is 9.96. The molecule has 0 saturated carbocycles. The Balaban J connectivity index is 1.54. The Morgan fingerprint density at radius 2 is 2.08 bits per heavy atom. The van der Waals surface area contributed by atoms with Crippen LogP contribution in [0, 0.1) is 5.92 Å². The molecule has 1 fully saturated rings. The van der Waals surface area contributed by atoms with Crippen LogP contribution in [0.1, 0.15) is 24.8 Å². The number of amides is 1. The van der Waals surface area contributed by atoms with Gasteiger partial charge in [0.25, 0.3) is 0 Å². The van der Waals surface area contributed by atoms with E-state index >= 15 is 0 Å². The number of alkyl halides is 3. The Labute approximate surface area is 145 Å². The predicted molar refractivity (Wildman–Crippen MR) is 86.4 cm³/mol. The fraction of sp³-hybridized carbons (Fsp3) is 0.571. The fourth-order valence-electron chi connectivity index (χ4n) is 2.64. The maximum atomic E-state index is 12.6. The number of nitrogens with one attached hydrogen (secondary N) is 1. The number of carbonyl (C=O) groups excluding carboxylic acids is 1. The molecule has 0 radical (unpaired) electrons. The number of nitrogens with zero attached hydrogens (tertiary/aromatic N) is 5. The van der Waals surface area contributed by atoms with Crippen LogP contribution in [0.25, 0.3) is 0 Å². The summed E-state index contributed by atoms with van der Waals surface area (Å²) in [4.78, 5) is 14.0. The monoisotopic (exact) mass is 374 g/mol. The van der Waals surface area contributed by atoms with Crippen molar-refractivity contribution < 1.29 is 18.0 Å². The summed E-state index contributed by atoms with van der Waals surface area (Å²) in [7, 11) is 0. The summed E-state index contributed by atoms with van der Waals surface area (Å²) in [6.45, 7) is 3.61. The van der Waals surface area contributed by atoms with Gasteiger partial charge in [-0.1, -0.05) is 11.3 Å². The second-order valence-corrected chi connectivity index (χ2v) is 6.68. The zero-order chi connectivity index (χ0) is 18.0. The molecule has 7 nitrogen and oxygen atoms in total. The minimum absolute atomic E-state index is 0.0939. The normalized spacial score (nSPS) is 16.2. The summed E-state index contributed by atoms with van der Waals surface area (Å²) in [6.07, 6.45) is -0.0240. The number of hydrogen-bond donors (Lipinski definition) is 1. The van der Waals surface area contributed by atoms with Crippen molar-refractivity contribution in [2.75, 3.05) is 23.3 Å². The maximum absolute atomic E-state index is 12.6. The molecule has 0 bridgehead atoms. The molecule has 1 aliphatic rings. The van der Waals surface area contributed by atoms with Crippen molar-refractivity contribution in [3.63, 3.8) is 0 Å². The highest BCUT2D eigenvalue weighted by atomic mass is 32.1. The molecular formula is C14H17F3N6OS. The molecule has 0 aromatic carbocycles. The predicted octanol–water partition coefficient (Wildman–Crippen LogP) is 2.63. The number of aromatic nitrogens is 4. The number of piperidine rings is 1. The average Bonchev–Trinajstić information content (AvgIpc) is 3.24. The molecule has 3 heterocycles. The van der Waals surface area contributed by atoms with E-state index in [2.05, 4.69) is 20.6 Å². The summed E-state index contributed by atoms with van der Waals surface area (Å²) in [5.74, 6) is -0.278. The van der Waals surface area contributed by atoms with E-state index in [0.29, 0.717) is 43.0 Å². The summed E-state index contributed by atoms with van der Waals surface area (Å²) in [5, 5.41) is 13.0. The summed E-state index contributed by atoms with van der Waals surface area (Å²) in [5.41, 5.74) is 0.647. The van der Waals surface area contributed by atoms with Gasteiger partial charge in [0, 0.05) is 31.7 Å². The van der Waals surface area contributed by atoms with Crippen molar-refractivity contribution in [1.29, 1.82) is 0 Å². The van der Waals surface area contributed by atoms with Crippen LogP contribution >= 0.6 is 11.3 Å². The standard InChI is InChI=1S/C14H17F3N6OS/c1-2-23-8-10(7-18-23)19-11(24)9-3-5-22(6-4-9)13-21-20-12(25-13)14(15,16)17/h7-9H,2-6H2,1H3,(H,19,24). The van der Waals surface area contributed by atoms with Gasteiger partial charge in [0.05, 0.1) is 11.9 Å². The minimum Gasteiger partial charge on any atom is -0.347 e. The number of anilines is 2. The van der Waals surface area contributed by atoms with E-state index in [1.807, 2.05) is 6.92 Å². The molecule has 2 aromatic heterocycles. The Hall–Kier alpha value is -2.17. The van der Waals surface area contributed by atoms with Crippen LogP contribution in [0.4, 0.5) is 24.0 Å². The topological polar surface area (TPSA) is 75.9 Å². The Kier molecular flexibility index (Phi) is 4.93. The highest BCUT2D eigenvalue weighted by Gasteiger charge is 2.36. The zero-order valence-electron chi connectivity index (χ0n) is 13.5. The smallest absolute Gasteiger partial charge is 0.347 e. The van der Waals surface area contributed by atoms with Gasteiger partial charge in [-0.2, -0.15) is 18.3 Å². The van der Waals surface area contributed by atoms with Gasteiger partial charge in [0.2, 0.25) is 16.0 Å². The van der Waals surface area contributed by atoms with Gasteiger partial charge in [-0.05, 0) is 19.8 Å². The van der Waals surface area contributed by atoms with E-state index in [1.165, 1.54) is 0 Å². The van der Waals surface area contributed by atoms with Gasteiger partial charge in [-0.3, -0.25) is 9.48 Å². The maximum Gasteiger partial charge on any atom is 0.445 e. The summed E-state index contributed by atoms with van der Waals surface area (Å²) in [6, 6.07) is 0. The van der Waals surface area contributed by atoms with Crippen molar-refractivity contribution in [3.05, 3.63) is 17.4 Å². The highest BCUT2D eigenvalue weighted by Crippen LogP contribution is 2.35. The van der Waals surface area contributed by atoms with Crippen LogP contribution in [-0.4, -0.2) is 39.0 Å². The third-order valence-corrected chi connectivity index (χ3v) is 5.05. The first-order chi connectivity index (χ1) is 11.9. The van der Waals surface area contributed by atoms with Crippen molar-refractivity contribution in [2.45, 2.75) is 32.5 Å². The molecule has 0 atom stereocenters. The third-order valence-electron chi connectivity index (χ3n) is 4.02. The molecule has 1 amide bonds. The molecule has 25 heavy (non-hydrogen) atoms. The van der Waals surface area contributed by atoms with Crippen LogP contribution in [-0.2, 0) is 17.5 Å². The number of aryl methyl sites for hydroxylation is 1. The van der Waals surface area contributed by atoms with Gasteiger partial charge in [0.1, 0.15) is 0 Å². The van der Waals surface area contributed by atoms with Gasteiger partial charge in [-0.15, -0.1) is 10.2 Å². The molecule has 1 saturated heterocycles. The van der Waals surface area contributed by atoms with E-state index in [1.54, 1.807) is 22.0 Å². The Bertz CT molecular complexity index is 735. The molecule has 0 aliphatic carbocycles. The molecule has 136 valence electrons. The minimum atomic E-state index is -4.48. The summed E-state index contributed by atoms with van der Waals surface area (Å²) < 4.78 is 39.5. The number of carbonyl (C=O) groups is 1. The molecule has 3 rings (SSSR count). The number of rotatable bonds is 4. The van der Waals surface area contributed by atoms with Crippen LogP contribution < -0.4 is 10.2 Å². The first-order valence-electron chi connectivity index (χ1n) is 7.85. The van der Waals surface area contributed by atoms with Crippen molar-refractivity contribution in [1.82, 2.24) is 20.0 Å². The molecule has 2 aromatic rings. The van der Waals surface area contributed by atoms with E-state index in [-0.39, 0.29) is 17.0 Å². The molecule has 1 N–H and O–H groups in total. The van der Waals surface area contributed by atoms with E-state index < -0.39 is 11.2 Å². The lowest BCUT2D eigenvalue weighted by Crippen LogP contribution is -2.38. The first-order valence-corrected chi connectivity index (χ1v) is 8.67. The Morgan fingerprint density at radius 1 is 1.36 bits per heavy atom. The SMILES string of the molecule is CCn1cc(NC(=O)C2CCN(c3nnc(C(F)(F)F)s3)CC2)cn1. The quantitative estimate of drug-likeness (QED) is 0.890. The van der Waals surface area contributed by atoms with Crippen molar-refractivity contribution in [2.24, 2.45) is 5.92 Å². The van der Waals surface area contributed by atoms with Gasteiger partial charge < -0.3 is 10.2 Å². The third kappa shape index (κ3) is 4.09. The van der Waals surface area contributed by atoms with E-state index in [0.717, 1.165) is 6.54 Å². The Morgan fingerprint density at radius 3 is 2.64 bits per heavy atom. The average molecular weight is 374 g/mol. The molecular weight excluding hydrogens is 357 g/mol. The summed E-state index contributed by atoms with van der Waals surface area (Å²) >= 11 is 0.531.